The van der Waals surface area contributed by atoms with Gasteiger partial charge in [0.05, 0.1) is 6.54 Å². The molecule has 0 saturated carbocycles. The van der Waals surface area contributed by atoms with Crippen molar-refractivity contribution in [1.29, 1.82) is 0 Å². The summed E-state index contributed by atoms with van der Waals surface area (Å²) in [6, 6.07) is 13.9. The lowest BCUT2D eigenvalue weighted by Gasteiger charge is -2.09. The SMILES string of the molecule is CC(=O)c1cccc(NC(=O)CNC(=O)COc2ccc(C)cc2)c1. The van der Waals surface area contributed by atoms with E-state index in [9.17, 15) is 14.4 Å². The maximum atomic E-state index is 11.9. The second-order valence-electron chi connectivity index (χ2n) is 5.56. The summed E-state index contributed by atoms with van der Waals surface area (Å²) in [5, 5.41) is 5.10. The minimum absolute atomic E-state index is 0.0855. The number of Topliss-reactive ketones (excluding diaryl/α,β-unsaturated/α-hetero) is 1. The molecule has 0 spiro atoms. The van der Waals surface area contributed by atoms with Gasteiger partial charge in [-0.25, -0.2) is 0 Å². The Morgan fingerprint density at radius 2 is 1.72 bits per heavy atom. The van der Waals surface area contributed by atoms with E-state index in [0.717, 1.165) is 5.56 Å². The summed E-state index contributed by atoms with van der Waals surface area (Å²) in [7, 11) is 0. The molecule has 2 amide bonds. The molecule has 2 N–H and O–H groups in total. The van der Waals surface area contributed by atoms with Gasteiger partial charge in [-0.05, 0) is 38.1 Å². The molecule has 0 aliphatic rings. The summed E-state index contributed by atoms with van der Waals surface area (Å²) in [5.74, 6) is -0.276. The molecule has 6 heteroatoms. The number of ketones is 1. The van der Waals surface area contributed by atoms with Crippen molar-refractivity contribution in [3.8, 4) is 5.75 Å². The second kappa shape index (κ2) is 8.63. The van der Waals surface area contributed by atoms with E-state index in [-0.39, 0.29) is 24.8 Å². The van der Waals surface area contributed by atoms with E-state index in [4.69, 9.17) is 4.74 Å². The van der Waals surface area contributed by atoms with Gasteiger partial charge in [0, 0.05) is 11.3 Å². The summed E-state index contributed by atoms with van der Waals surface area (Å²) in [5.41, 5.74) is 2.11. The Morgan fingerprint density at radius 1 is 1.00 bits per heavy atom. The van der Waals surface area contributed by atoms with E-state index in [1.807, 2.05) is 19.1 Å². The minimum atomic E-state index is -0.395. The largest absolute Gasteiger partial charge is 0.484 e. The second-order valence-corrected chi connectivity index (χ2v) is 5.56. The number of anilines is 1. The van der Waals surface area contributed by atoms with E-state index in [2.05, 4.69) is 10.6 Å². The summed E-state index contributed by atoms with van der Waals surface area (Å²) in [4.78, 5) is 34.9. The third-order valence-electron chi connectivity index (χ3n) is 3.39. The van der Waals surface area contributed by atoms with Gasteiger partial charge in [-0.3, -0.25) is 14.4 Å². The first-order valence-electron chi connectivity index (χ1n) is 7.81. The highest BCUT2D eigenvalue weighted by Crippen LogP contribution is 2.11. The Bertz CT molecular complexity index is 769. The molecular weight excluding hydrogens is 320 g/mol. The van der Waals surface area contributed by atoms with Crippen LogP contribution in [0.1, 0.15) is 22.8 Å². The van der Waals surface area contributed by atoms with Crippen LogP contribution in [0.2, 0.25) is 0 Å². The Hall–Kier alpha value is -3.15. The maximum absolute atomic E-state index is 11.9. The molecule has 0 aliphatic heterocycles. The van der Waals surface area contributed by atoms with Gasteiger partial charge >= 0.3 is 0 Å². The van der Waals surface area contributed by atoms with Crippen molar-refractivity contribution >= 4 is 23.3 Å². The Balaban J connectivity index is 1.75. The lowest BCUT2D eigenvalue weighted by molar-refractivity contribution is -0.125. The molecule has 0 atom stereocenters. The number of hydrogen-bond acceptors (Lipinski definition) is 4. The number of carbonyl (C=O) groups is 3. The average molecular weight is 340 g/mol. The van der Waals surface area contributed by atoms with E-state index in [0.29, 0.717) is 17.0 Å². The number of ether oxygens (including phenoxy) is 1. The van der Waals surface area contributed by atoms with E-state index in [1.165, 1.54) is 6.92 Å². The third kappa shape index (κ3) is 6.10. The van der Waals surface area contributed by atoms with Crippen LogP contribution in [0.15, 0.2) is 48.5 Å². The van der Waals surface area contributed by atoms with Crippen molar-refractivity contribution in [3.63, 3.8) is 0 Å². The third-order valence-corrected chi connectivity index (χ3v) is 3.39. The van der Waals surface area contributed by atoms with Crippen molar-refractivity contribution in [2.45, 2.75) is 13.8 Å². The predicted octanol–water partition coefficient (Wildman–Crippen LogP) is 2.33. The van der Waals surface area contributed by atoms with Gasteiger partial charge in [-0.2, -0.15) is 0 Å². The Labute approximate surface area is 146 Å². The highest BCUT2D eigenvalue weighted by Gasteiger charge is 2.08. The molecule has 2 aromatic carbocycles. The summed E-state index contributed by atoms with van der Waals surface area (Å²) in [6.07, 6.45) is 0. The standard InChI is InChI=1S/C19H20N2O4/c1-13-6-8-17(9-7-13)25-12-19(24)20-11-18(23)21-16-5-3-4-15(10-16)14(2)22/h3-10H,11-12H2,1-2H3,(H,20,24)(H,21,23). The monoisotopic (exact) mass is 340 g/mol. The van der Waals surface area contributed by atoms with Crippen LogP contribution in [0.5, 0.6) is 5.75 Å². The van der Waals surface area contributed by atoms with Gasteiger partial charge in [0.25, 0.3) is 5.91 Å². The average Bonchev–Trinajstić information content (AvgIpc) is 2.59. The molecule has 0 unspecified atom stereocenters. The molecule has 0 aliphatic carbocycles. The highest BCUT2D eigenvalue weighted by molar-refractivity contribution is 5.98. The van der Waals surface area contributed by atoms with Gasteiger partial charge in [-0.15, -0.1) is 0 Å². The minimum Gasteiger partial charge on any atom is -0.484 e. The van der Waals surface area contributed by atoms with Gasteiger partial charge in [0.15, 0.2) is 12.4 Å². The van der Waals surface area contributed by atoms with Crippen molar-refractivity contribution < 1.29 is 19.1 Å². The number of aryl methyl sites for hydroxylation is 1. The lowest BCUT2D eigenvalue weighted by Crippen LogP contribution is -2.35. The predicted molar refractivity (Wildman–Crippen MR) is 94.8 cm³/mol. The first-order chi connectivity index (χ1) is 11.9. The number of amides is 2. The molecule has 0 radical (unpaired) electrons. The van der Waals surface area contributed by atoms with E-state index in [1.54, 1.807) is 36.4 Å². The summed E-state index contributed by atoms with van der Waals surface area (Å²) < 4.78 is 5.33. The van der Waals surface area contributed by atoms with Gasteiger partial charge in [0.1, 0.15) is 5.75 Å². The van der Waals surface area contributed by atoms with Crippen LogP contribution in [0.25, 0.3) is 0 Å². The van der Waals surface area contributed by atoms with Crippen LogP contribution in [-0.4, -0.2) is 30.7 Å². The lowest BCUT2D eigenvalue weighted by atomic mass is 10.1. The van der Waals surface area contributed by atoms with Crippen molar-refractivity contribution in [3.05, 3.63) is 59.7 Å². The molecule has 6 nitrogen and oxygen atoms in total. The Kier molecular flexibility index (Phi) is 6.28. The van der Waals surface area contributed by atoms with Gasteiger partial charge < -0.3 is 15.4 Å². The topological polar surface area (TPSA) is 84.5 Å². The molecule has 0 fully saturated rings. The Morgan fingerprint density at radius 3 is 2.40 bits per heavy atom. The molecule has 0 aromatic heterocycles. The fourth-order valence-electron chi connectivity index (χ4n) is 2.03. The zero-order valence-corrected chi connectivity index (χ0v) is 14.2. The first-order valence-corrected chi connectivity index (χ1v) is 7.81. The molecule has 0 saturated heterocycles. The van der Waals surface area contributed by atoms with Crippen LogP contribution < -0.4 is 15.4 Å². The fraction of sp³-hybridized carbons (Fsp3) is 0.211. The van der Waals surface area contributed by atoms with Crippen molar-refractivity contribution in [2.75, 3.05) is 18.5 Å². The molecular formula is C19H20N2O4. The zero-order chi connectivity index (χ0) is 18.2. The molecule has 25 heavy (non-hydrogen) atoms. The van der Waals surface area contributed by atoms with Crippen molar-refractivity contribution in [1.82, 2.24) is 5.32 Å². The smallest absolute Gasteiger partial charge is 0.258 e. The number of benzene rings is 2. The molecule has 0 heterocycles. The number of rotatable bonds is 7. The molecule has 2 rings (SSSR count). The van der Waals surface area contributed by atoms with E-state index >= 15 is 0 Å². The molecule has 0 bridgehead atoms. The fourth-order valence-corrected chi connectivity index (χ4v) is 2.03. The van der Waals surface area contributed by atoms with E-state index < -0.39 is 5.91 Å². The summed E-state index contributed by atoms with van der Waals surface area (Å²) >= 11 is 0. The summed E-state index contributed by atoms with van der Waals surface area (Å²) in [6.45, 7) is 3.06. The van der Waals surface area contributed by atoms with Crippen LogP contribution >= 0.6 is 0 Å². The number of nitrogens with one attached hydrogen (secondary N) is 2. The van der Waals surface area contributed by atoms with Crippen LogP contribution in [0, 0.1) is 6.92 Å². The van der Waals surface area contributed by atoms with Crippen molar-refractivity contribution in [2.24, 2.45) is 0 Å². The highest BCUT2D eigenvalue weighted by atomic mass is 16.5. The quantitative estimate of drug-likeness (QED) is 0.758. The van der Waals surface area contributed by atoms with Crippen LogP contribution in [-0.2, 0) is 9.59 Å². The van der Waals surface area contributed by atoms with Gasteiger partial charge in [-0.1, -0.05) is 29.8 Å². The molecule has 130 valence electrons. The zero-order valence-electron chi connectivity index (χ0n) is 14.2. The number of hydrogen-bond donors (Lipinski definition) is 2. The first kappa shape index (κ1) is 18.2. The normalized spacial score (nSPS) is 10.0. The number of carbonyl (C=O) groups excluding carboxylic acids is 3. The maximum Gasteiger partial charge on any atom is 0.258 e. The van der Waals surface area contributed by atoms with Crippen LogP contribution in [0.3, 0.4) is 0 Å². The van der Waals surface area contributed by atoms with Gasteiger partial charge in [0.2, 0.25) is 5.91 Å². The molecule has 2 aromatic rings. The van der Waals surface area contributed by atoms with Crippen LogP contribution in [0.4, 0.5) is 5.69 Å².